The van der Waals surface area contributed by atoms with Gasteiger partial charge in [-0.25, -0.2) is 10.1 Å². The van der Waals surface area contributed by atoms with Crippen LogP contribution in [-0.4, -0.2) is 32.3 Å². The number of nitrogens with one attached hydrogen (secondary N) is 1. The molecule has 22 heavy (non-hydrogen) atoms. The van der Waals surface area contributed by atoms with Crippen LogP contribution >= 0.6 is 0 Å². The molecule has 1 amide bonds. The Morgan fingerprint density at radius 3 is 2.91 bits per heavy atom. The Kier molecular flexibility index (Phi) is 3.73. The lowest BCUT2D eigenvalue weighted by molar-refractivity contribution is -0.121. The Morgan fingerprint density at radius 2 is 2.09 bits per heavy atom. The number of carbonyl (C=O) groups is 1. The summed E-state index contributed by atoms with van der Waals surface area (Å²) in [5.41, 5.74) is 8.82. The Balaban J connectivity index is 1.69. The monoisotopic (exact) mass is 295 g/mol. The number of amides is 1. The molecule has 3 N–H and O–H groups in total. The summed E-state index contributed by atoms with van der Waals surface area (Å²) in [4.78, 5) is 11.7. The summed E-state index contributed by atoms with van der Waals surface area (Å²) in [6, 6.07) is 13.8. The molecule has 2 aromatic carbocycles. The van der Waals surface area contributed by atoms with Crippen LogP contribution in [-0.2, 0) is 11.3 Å². The molecule has 1 heterocycles. The largest absolute Gasteiger partial charge is 0.367 e. The smallest absolute Gasteiger partial charge is 0.261 e. The van der Waals surface area contributed by atoms with Gasteiger partial charge in [0, 0.05) is 5.56 Å². The summed E-state index contributed by atoms with van der Waals surface area (Å²) in [7, 11) is 0. The Hall–Kier alpha value is -3.29. The molecule has 0 fully saturated rings. The van der Waals surface area contributed by atoms with E-state index in [1.165, 1.54) is 4.68 Å². The summed E-state index contributed by atoms with van der Waals surface area (Å²) in [5, 5.41) is 16.6. The van der Waals surface area contributed by atoms with E-state index in [1.807, 2.05) is 42.5 Å². The van der Waals surface area contributed by atoms with Crippen LogP contribution < -0.4 is 11.2 Å². The van der Waals surface area contributed by atoms with Crippen molar-refractivity contribution in [2.45, 2.75) is 6.54 Å². The van der Waals surface area contributed by atoms with Crippen molar-refractivity contribution in [1.29, 1.82) is 0 Å². The van der Waals surface area contributed by atoms with Gasteiger partial charge in [-0.3, -0.25) is 4.79 Å². The van der Waals surface area contributed by atoms with E-state index in [2.05, 4.69) is 26.1 Å². The number of fused-ring (bicyclic) bond motifs is 1. The van der Waals surface area contributed by atoms with Gasteiger partial charge in [-0.15, -0.1) is 0 Å². The summed E-state index contributed by atoms with van der Waals surface area (Å²) in [6.45, 7) is -0.0916. The molecule has 3 rings (SSSR count). The summed E-state index contributed by atoms with van der Waals surface area (Å²) in [5.74, 6) is -0.288. The van der Waals surface area contributed by atoms with Crippen LogP contribution in [0.25, 0.3) is 10.8 Å². The molecule has 0 aliphatic carbocycles. The number of nitrogens with two attached hydrogens (primary N) is 1. The SMILES string of the molecule is Nc1nnnn1CC(=O)NN=Cc1cccc2ccccc12. The van der Waals surface area contributed by atoms with Crippen LogP contribution in [0, 0.1) is 0 Å². The van der Waals surface area contributed by atoms with Gasteiger partial charge >= 0.3 is 0 Å². The van der Waals surface area contributed by atoms with E-state index in [9.17, 15) is 4.79 Å². The number of hydrazone groups is 1. The molecule has 0 bridgehead atoms. The number of benzene rings is 2. The molecule has 8 nitrogen and oxygen atoms in total. The van der Waals surface area contributed by atoms with E-state index in [-0.39, 0.29) is 18.4 Å². The second-order valence-electron chi connectivity index (χ2n) is 4.56. The van der Waals surface area contributed by atoms with Crippen LogP contribution in [0.4, 0.5) is 5.95 Å². The number of hydrogen-bond donors (Lipinski definition) is 2. The van der Waals surface area contributed by atoms with Crippen molar-refractivity contribution in [2.24, 2.45) is 5.10 Å². The molecule has 0 atom stereocenters. The molecule has 0 saturated heterocycles. The van der Waals surface area contributed by atoms with E-state index in [4.69, 9.17) is 5.73 Å². The minimum atomic E-state index is -0.365. The lowest BCUT2D eigenvalue weighted by Gasteiger charge is -2.02. The molecule has 0 aliphatic heterocycles. The zero-order valence-corrected chi connectivity index (χ0v) is 11.5. The Bertz CT molecular complexity index is 835. The predicted octanol–water partition coefficient (Wildman–Crippen LogP) is 0.559. The maximum absolute atomic E-state index is 11.7. The highest BCUT2D eigenvalue weighted by atomic mass is 16.2. The van der Waals surface area contributed by atoms with E-state index in [1.54, 1.807) is 6.21 Å². The van der Waals surface area contributed by atoms with Crippen molar-refractivity contribution >= 4 is 28.8 Å². The van der Waals surface area contributed by atoms with Gasteiger partial charge in [-0.05, 0) is 21.2 Å². The number of rotatable bonds is 4. The fourth-order valence-electron chi connectivity index (χ4n) is 2.03. The molecule has 110 valence electrons. The molecule has 0 spiro atoms. The zero-order chi connectivity index (χ0) is 15.4. The van der Waals surface area contributed by atoms with E-state index < -0.39 is 0 Å². The van der Waals surface area contributed by atoms with Crippen LogP contribution in [0.2, 0.25) is 0 Å². The first-order chi connectivity index (χ1) is 10.7. The van der Waals surface area contributed by atoms with Gasteiger partial charge in [0.2, 0.25) is 5.95 Å². The number of carbonyl (C=O) groups excluding carboxylic acids is 1. The highest BCUT2D eigenvalue weighted by Gasteiger charge is 2.06. The van der Waals surface area contributed by atoms with Crippen LogP contribution in [0.3, 0.4) is 0 Å². The number of hydrogen-bond acceptors (Lipinski definition) is 6. The lowest BCUT2D eigenvalue weighted by atomic mass is 10.1. The topological polar surface area (TPSA) is 111 Å². The van der Waals surface area contributed by atoms with Crippen LogP contribution in [0.5, 0.6) is 0 Å². The summed E-state index contributed by atoms with van der Waals surface area (Å²) in [6.07, 6.45) is 1.60. The number of nitrogens with zero attached hydrogens (tertiary/aromatic N) is 5. The predicted molar refractivity (Wildman–Crippen MR) is 81.9 cm³/mol. The van der Waals surface area contributed by atoms with Crippen molar-refractivity contribution < 1.29 is 4.79 Å². The maximum atomic E-state index is 11.7. The third kappa shape index (κ3) is 2.90. The molecule has 0 saturated carbocycles. The third-order valence-corrected chi connectivity index (χ3v) is 3.07. The van der Waals surface area contributed by atoms with E-state index >= 15 is 0 Å². The van der Waals surface area contributed by atoms with Gasteiger partial charge in [0.15, 0.2) is 0 Å². The molecule has 0 aliphatic rings. The molecule has 3 aromatic rings. The van der Waals surface area contributed by atoms with Crippen molar-refractivity contribution in [2.75, 3.05) is 5.73 Å². The van der Waals surface area contributed by atoms with Crippen molar-refractivity contribution in [3.8, 4) is 0 Å². The number of aromatic nitrogens is 4. The molecule has 8 heteroatoms. The van der Waals surface area contributed by atoms with Gasteiger partial charge in [0.25, 0.3) is 5.91 Å². The molecule has 1 aromatic heterocycles. The van der Waals surface area contributed by atoms with Gasteiger partial charge in [-0.1, -0.05) is 47.6 Å². The first-order valence-electron chi connectivity index (χ1n) is 6.55. The summed E-state index contributed by atoms with van der Waals surface area (Å²) >= 11 is 0. The highest BCUT2D eigenvalue weighted by Crippen LogP contribution is 2.16. The highest BCUT2D eigenvalue weighted by molar-refractivity contribution is 5.99. The molecule has 0 unspecified atom stereocenters. The molecular formula is C14H13N7O. The molecular weight excluding hydrogens is 282 g/mol. The van der Waals surface area contributed by atoms with E-state index in [0.717, 1.165) is 16.3 Å². The van der Waals surface area contributed by atoms with Crippen molar-refractivity contribution in [1.82, 2.24) is 25.6 Å². The minimum Gasteiger partial charge on any atom is -0.367 e. The lowest BCUT2D eigenvalue weighted by Crippen LogP contribution is -2.24. The Labute approximate surface area is 125 Å². The average Bonchev–Trinajstić information content (AvgIpc) is 2.93. The number of anilines is 1. The zero-order valence-electron chi connectivity index (χ0n) is 11.5. The first kappa shape index (κ1) is 13.7. The maximum Gasteiger partial charge on any atom is 0.261 e. The quantitative estimate of drug-likeness (QED) is 0.539. The van der Waals surface area contributed by atoms with Gasteiger partial charge in [-0.2, -0.15) is 5.10 Å². The normalized spacial score (nSPS) is 11.1. The Morgan fingerprint density at radius 1 is 1.27 bits per heavy atom. The number of tetrazole rings is 1. The fourth-order valence-corrected chi connectivity index (χ4v) is 2.03. The van der Waals surface area contributed by atoms with E-state index in [0.29, 0.717) is 0 Å². The van der Waals surface area contributed by atoms with Crippen LogP contribution in [0.15, 0.2) is 47.6 Å². The second kappa shape index (κ2) is 6.00. The third-order valence-electron chi connectivity index (χ3n) is 3.07. The van der Waals surface area contributed by atoms with Gasteiger partial charge in [0.1, 0.15) is 6.54 Å². The van der Waals surface area contributed by atoms with Gasteiger partial charge in [0.05, 0.1) is 6.21 Å². The fraction of sp³-hybridized carbons (Fsp3) is 0.0714. The summed E-state index contributed by atoms with van der Waals surface area (Å²) < 4.78 is 1.18. The molecule has 0 radical (unpaired) electrons. The van der Waals surface area contributed by atoms with Gasteiger partial charge < -0.3 is 5.73 Å². The van der Waals surface area contributed by atoms with Crippen LogP contribution in [0.1, 0.15) is 5.56 Å². The number of nitrogen functional groups attached to an aromatic ring is 1. The first-order valence-corrected chi connectivity index (χ1v) is 6.55. The standard InChI is InChI=1S/C14H13N7O/c15-14-18-19-20-21(14)9-13(22)17-16-8-11-6-3-5-10-4-1-2-7-12(10)11/h1-8H,9H2,(H,17,22)(H2,15,18,20). The minimum absolute atomic E-state index is 0.0770. The average molecular weight is 295 g/mol. The van der Waals surface area contributed by atoms with Crippen molar-refractivity contribution in [3.05, 3.63) is 48.0 Å². The van der Waals surface area contributed by atoms with Crippen molar-refractivity contribution in [3.63, 3.8) is 0 Å². The second-order valence-corrected chi connectivity index (χ2v) is 4.56.